The maximum absolute atomic E-state index is 14.2. The Morgan fingerprint density at radius 2 is 1.93 bits per heavy atom. The van der Waals surface area contributed by atoms with Crippen molar-refractivity contribution in [2.45, 2.75) is 76.8 Å². The number of nitrogens with zero attached hydrogens (tertiary/aromatic N) is 4. The number of hydrogen-bond acceptors (Lipinski definition) is 6. The second-order valence-corrected chi connectivity index (χ2v) is 21.2. The number of rotatable bonds is 9. The summed E-state index contributed by atoms with van der Waals surface area (Å²) in [6, 6.07) is 14.3. The van der Waals surface area contributed by atoms with Gasteiger partial charge in [-0.2, -0.15) is 5.26 Å². The van der Waals surface area contributed by atoms with E-state index in [1.807, 2.05) is 73.9 Å². The van der Waals surface area contributed by atoms with Crippen molar-refractivity contribution in [3.05, 3.63) is 88.9 Å². The zero-order chi connectivity index (χ0) is 31.4. The average Bonchev–Trinajstić information content (AvgIpc) is 3.54. The standard InChI is InChI=1S/C33H41N5O3SSi/c1-23-9-8-15-32(3,20-23)42(39,40)38-16-14-26-27(12-10-24(2)30(26)38)33(4,35)31-36-28-13-11-25(21-34)19-29(28)37(31)22-41-17-18-43(5,6)7/h8-14,16,19-20H,15,17-18,22,35H2,1-7H3. The van der Waals surface area contributed by atoms with Crippen molar-refractivity contribution in [1.82, 2.24) is 13.5 Å². The van der Waals surface area contributed by atoms with E-state index < -0.39 is 28.4 Å². The molecule has 10 heteroatoms. The SMILES string of the molecule is CC1=CC(C)(S(=O)(=O)n2ccc3c(C(C)(N)c4nc5ccc(C#N)cc5n4COCC[Si](C)(C)C)ccc(C)c32)CC=C1. The summed E-state index contributed by atoms with van der Waals surface area (Å²) in [5, 5.41) is 10.3. The molecule has 2 heterocycles. The summed E-state index contributed by atoms with van der Waals surface area (Å²) in [6.45, 7) is 15.3. The Balaban J connectivity index is 1.65. The van der Waals surface area contributed by atoms with Gasteiger partial charge in [-0.15, -0.1) is 0 Å². The van der Waals surface area contributed by atoms with Gasteiger partial charge in [0.1, 0.15) is 17.3 Å². The van der Waals surface area contributed by atoms with Crippen LogP contribution in [0.15, 0.2) is 66.4 Å². The van der Waals surface area contributed by atoms with E-state index in [-0.39, 0.29) is 6.73 Å². The minimum atomic E-state index is -3.81. The normalized spacial score (nSPS) is 19.0. The van der Waals surface area contributed by atoms with Gasteiger partial charge in [0, 0.05) is 26.3 Å². The Bertz CT molecular complexity index is 1940. The summed E-state index contributed by atoms with van der Waals surface area (Å²) in [5.41, 5.74) is 11.2. The van der Waals surface area contributed by atoms with Crippen molar-refractivity contribution in [1.29, 1.82) is 5.26 Å². The molecule has 5 rings (SSSR count). The third-order valence-corrected chi connectivity index (χ3v) is 12.4. The van der Waals surface area contributed by atoms with E-state index >= 15 is 0 Å². The van der Waals surface area contributed by atoms with Crippen molar-refractivity contribution in [2.24, 2.45) is 5.73 Å². The Morgan fingerprint density at radius 1 is 1.19 bits per heavy atom. The van der Waals surface area contributed by atoms with Crippen molar-refractivity contribution in [3.63, 3.8) is 0 Å². The van der Waals surface area contributed by atoms with Crippen LogP contribution in [0.25, 0.3) is 21.9 Å². The van der Waals surface area contributed by atoms with E-state index in [1.54, 1.807) is 19.2 Å². The molecule has 2 aromatic heterocycles. The fraction of sp³-hybridized carbons (Fsp3) is 0.394. The molecule has 2 atom stereocenters. The first kappa shape index (κ1) is 30.9. The van der Waals surface area contributed by atoms with Crippen LogP contribution in [0.2, 0.25) is 25.7 Å². The van der Waals surface area contributed by atoms with Crippen LogP contribution < -0.4 is 5.73 Å². The second kappa shape index (κ2) is 10.9. The van der Waals surface area contributed by atoms with Gasteiger partial charge in [-0.25, -0.2) is 17.4 Å². The lowest BCUT2D eigenvalue weighted by atomic mass is 9.88. The van der Waals surface area contributed by atoms with Gasteiger partial charge in [-0.05, 0) is 75.6 Å². The molecule has 0 fully saturated rings. The number of benzene rings is 2. The topological polar surface area (TPSA) is 116 Å². The second-order valence-electron chi connectivity index (χ2n) is 13.3. The van der Waals surface area contributed by atoms with Gasteiger partial charge >= 0.3 is 0 Å². The van der Waals surface area contributed by atoms with E-state index in [0.717, 1.165) is 33.6 Å². The van der Waals surface area contributed by atoms with Crippen molar-refractivity contribution < 1.29 is 13.2 Å². The first-order valence-corrected chi connectivity index (χ1v) is 19.7. The molecule has 0 spiro atoms. The molecule has 0 bridgehead atoms. The molecule has 0 radical (unpaired) electrons. The number of nitrogens with two attached hydrogens (primary N) is 1. The molecule has 8 nitrogen and oxygen atoms in total. The highest BCUT2D eigenvalue weighted by Crippen LogP contribution is 2.38. The third kappa shape index (κ3) is 5.51. The van der Waals surface area contributed by atoms with E-state index in [9.17, 15) is 13.7 Å². The van der Waals surface area contributed by atoms with E-state index in [1.165, 1.54) is 3.97 Å². The molecule has 0 amide bonds. The highest BCUT2D eigenvalue weighted by Gasteiger charge is 2.40. The predicted octanol–water partition coefficient (Wildman–Crippen LogP) is 6.55. The van der Waals surface area contributed by atoms with Crippen LogP contribution in [0.1, 0.15) is 49.7 Å². The largest absolute Gasteiger partial charge is 0.361 e. The number of aryl methyl sites for hydroxylation is 1. The Labute approximate surface area is 255 Å². The fourth-order valence-electron chi connectivity index (χ4n) is 5.89. The van der Waals surface area contributed by atoms with Gasteiger partial charge < -0.3 is 15.0 Å². The zero-order valence-corrected chi connectivity index (χ0v) is 27.9. The number of aromatic nitrogens is 3. The van der Waals surface area contributed by atoms with Gasteiger partial charge in [-0.3, -0.25) is 0 Å². The maximum atomic E-state index is 14.2. The van der Waals surface area contributed by atoms with Crippen molar-refractivity contribution in [2.75, 3.05) is 6.61 Å². The molecule has 4 aromatic rings. The lowest BCUT2D eigenvalue weighted by Gasteiger charge is -2.29. The van der Waals surface area contributed by atoms with E-state index in [4.69, 9.17) is 15.5 Å². The van der Waals surface area contributed by atoms with Gasteiger partial charge in [0.2, 0.25) is 10.0 Å². The molecule has 2 aromatic carbocycles. The Morgan fingerprint density at radius 3 is 2.60 bits per heavy atom. The molecule has 2 unspecified atom stereocenters. The summed E-state index contributed by atoms with van der Waals surface area (Å²) in [5.74, 6) is 0.578. The van der Waals surface area contributed by atoms with Gasteiger partial charge in [0.05, 0.1) is 33.7 Å². The van der Waals surface area contributed by atoms with Crippen LogP contribution in [0.3, 0.4) is 0 Å². The minimum absolute atomic E-state index is 0.236. The maximum Gasteiger partial charge on any atom is 0.248 e. The molecule has 226 valence electrons. The lowest BCUT2D eigenvalue weighted by molar-refractivity contribution is 0.0861. The van der Waals surface area contributed by atoms with Crippen LogP contribution in [0.5, 0.6) is 0 Å². The number of fused-ring (bicyclic) bond motifs is 2. The Kier molecular flexibility index (Phi) is 7.84. The molecule has 1 aliphatic carbocycles. The highest BCUT2D eigenvalue weighted by molar-refractivity contribution is 7.91. The molecular formula is C33H41N5O3SSi. The average molecular weight is 616 g/mol. The van der Waals surface area contributed by atoms with Gasteiger partial charge in [0.15, 0.2) is 0 Å². The number of nitriles is 1. The summed E-state index contributed by atoms with van der Waals surface area (Å²) in [6.07, 6.45) is 7.74. The molecule has 0 saturated carbocycles. The number of ether oxygens (including phenoxy) is 1. The number of allylic oxidation sites excluding steroid dienone is 3. The molecule has 1 aliphatic rings. The van der Waals surface area contributed by atoms with E-state index in [2.05, 4.69) is 25.7 Å². The summed E-state index contributed by atoms with van der Waals surface area (Å²) in [7, 11) is -5.11. The molecule has 0 aliphatic heterocycles. The quantitative estimate of drug-likeness (QED) is 0.169. The zero-order valence-electron chi connectivity index (χ0n) is 26.1. The van der Waals surface area contributed by atoms with Crippen LogP contribution >= 0.6 is 0 Å². The fourth-order valence-corrected chi connectivity index (χ4v) is 8.45. The summed E-state index contributed by atoms with van der Waals surface area (Å²) >= 11 is 0. The van der Waals surface area contributed by atoms with Gasteiger partial charge in [0.25, 0.3) is 0 Å². The Hall–Kier alpha value is -3.49. The smallest absolute Gasteiger partial charge is 0.248 e. The van der Waals surface area contributed by atoms with Gasteiger partial charge in [-0.1, -0.05) is 55.6 Å². The molecule has 2 N–H and O–H groups in total. The third-order valence-electron chi connectivity index (χ3n) is 8.42. The highest BCUT2D eigenvalue weighted by atomic mass is 32.2. The van der Waals surface area contributed by atoms with Crippen LogP contribution in [0, 0.1) is 18.3 Å². The molecular weight excluding hydrogens is 575 g/mol. The van der Waals surface area contributed by atoms with E-state index in [0.29, 0.717) is 35.4 Å². The number of imidazole rings is 1. The van der Waals surface area contributed by atoms with Crippen LogP contribution in [-0.4, -0.2) is 41.4 Å². The van der Waals surface area contributed by atoms with Crippen molar-refractivity contribution >= 4 is 40.0 Å². The summed E-state index contributed by atoms with van der Waals surface area (Å²) in [4.78, 5) is 4.96. The number of hydrogen-bond donors (Lipinski definition) is 1. The lowest BCUT2D eigenvalue weighted by Crippen LogP contribution is -2.39. The van der Waals surface area contributed by atoms with Crippen molar-refractivity contribution in [3.8, 4) is 6.07 Å². The minimum Gasteiger partial charge on any atom is -0.361 e. The molecule has 43 heavy (non-hydrogen) atoms. The summed E-state index contributed by atoms with van der Waals surface area (Å²) < 4.78 is 36.8. The van der Waals surface area contributed by atoms with Crippen LogP contribution in [-0.2, 0) is 27.0 Å². The first-order chi connectivity index (χ1) is 20.1. The molecule has 0 saturated heterocycles. The first-order valence-electron chi connectivity index (χ1n) is 14.6. The monoisotopic (exact) mass is 615 g/mol. The van der Waals surface area contributed by atoms with Crippen LogP contribution in [0.4, 0.5) is 0 Å². The predicted molar refractivity (Wildman–Crippen MR) is 176 cm³/mol.